The maximum Gasteiger partial charge on any atom is 0.128 e. The fourth-order valence-corrected chi connectivity index (χ4v) is 3.01. The van der Waals surface area contributed by atoms with Crippen molar-refractivity contribution in [1.29, 1.82) is 0 Å². The van der Waals surface area contributed by atoms with E-state index in [4.69, 9.17) is 0 Å². The molecule has 5 heteroatoms. The standard InChI is InChI=1S/C19H23F2N3/c1-2-14-7-15(9-19(8-14)24-5-3-22-4-6-24)13-23-18-11-16(20)10-17(21)12-18/h7-12,22-23H,2-6,13H2,1H3. The molecule has 0 spiro atoms. The number of hydrogen-bond acceptors (Lipinski definition) is 3. The predicted molar refractivity (Wildman–Crippen MR) is 94.6 cm³/mol. The van der Waals surface area contributed by atoms with E-state index in [-0.39, 0.29) is 0 Å². The Morgan fingerprint density at radius 1 is 0.958 bits per heavy atom. The van der Waals surface area contributed by atoms with Gasteiger partial charge in [-0.2, -0.15) is 0 Å². The van der Waals surface area contributed by atoms with Gasteiger partial charge in [-0.25, -0.2) is 8.78 Å². The zero-order valence-electron chi connectivity index (χ0n) is 13.9. The SMILES string of the molecule is CCc1cc(CNc2cc(F)cc(F)c2)cc(N2CCNCC2)c1. The summed E-state index contributed by atoms with van der Waals surface area (Å²) in [5, 5.41) is 6.47. The molecule has 0 atom stereocenters. The average molecular weight is 331 g/mol. The van der Waals surface area contributed by atoms with Crippen molar-refractivity contribution in [2.45, 2.75) is 19.9 Å². The van der Waals surface area contributed by atoms with Crippen LogP contribution in [0.1, 0.15) is 18.1 Å². The van der Waals surface area contributed by atoms with Crippen molar-refractivity contribution >= 4 is 11.4 Å². The lowest BCUT2D eigenvalue weighted by molar-refractivity contribution is 0.584. The second kappa shape index (κ2) is 7.62. The molecular formula is C19H23F2N3. The van der Waals surface area contributed by atoms with Crippen LogP contribution in [-0.2, 0) is 13.0 Å². The summed E-state index contributed by atoms with van der Waals surface area (Å²) < 4.78 is 26.6. The van der Waals surface area contributed by atoms with Crippen molar-refractivity contribution in [2.75, 3.05) is 36.4 Å². The van der Waals surface area contributed by atoms with Crippen LogP contribution in [-0.4, -0.2) is 26.2 Å². The number of hydrogen-bond donors (Lipinski definition) is 2. The molecule has 2 aromatic carbocycles. The molecule has 0 amide bonds. The van der Waals surface area contributed by atoms with Crippen LogP contribution >= 0.6 is 0 Å². The molecule has 128 valence electrons. The van der Waals surface area contributed by atoms with E-state index in [1.807, 2.05) is 0 Å². The first kappa shape index (κ1) is 16.7. The molecule has 0 bridgehead atoms. The molecule has 1 saturated heterocycles. The molecule has 0 unspecified atom stereocenters. The molecular weight excluding hydrogens is 308 g/mol. The third kappa shape index (κ3) is 4.23. The summed E-state index contributed by atoms with van der Waals surface area (Å²) >= 11 is 0. The molecule has 1 heterocycles. The number of nitrogens with one attached hydrogen (secondary N) is 2. The van der Waals surface area contributed by atoms with Crippen LogP contribution in [0.4, 0.5) is 20.2 Å². The second-order valence-corrected chi connectivity index (χ2v) is 6.11. The first-order valence-electron chi connectivity index (χ1n) is 8.42. The van der Waals surface area contributed by atoms with Gasteiger partial charge in [-0.05, 0) is 41.8 Å². The van der Waals surface area contributed by atoms with Crippen LogP contribution in [0.15, 0.2) is 36.4 Å². The van der Waals surface area contributed by atoms with E-state index in [1.165, 1.54) is 23.4 Å². The highest BCUT2D eigenvalue weighted by Gasteiger charge is 2.12. The maximum absolute atomic E-state index is 13.3. The highest BCUT2D eigenvalue weighted by atomic mass is 19.1. The van der Waals surface area contributed by atoms with E-state index < -0.39 is 11.6 Å². The second-order valence-electron chi connectivity index (χ2n) is 6.11. The molecule has 1 aliphatic heterocycles. The first-order chi connectivity index (χ1) is 11.6. The molecule has 2 aromatic rings. The van der Waals surface area contributed by atoms with Gasteiger partial charge >= 0.3 is 0 Å². The Bertz CT molecular complexity index is 677. The Kier molecular flexibility index (Phi) is 5.30. The third-order valence-electron chi connectivity index (χ3n) is 4.29. The Morgan fingerprint density at radius 3 is 2.29 bits per heavy atom. The molecule has 0 radical (unpaired) electrons. The van der Waals surface area contributed by atoms with Crippen LogP contribution in [0.3, 0.4) is 0 Å². The molecule has 0 aliphatic carbocycles. The van der Waals surface area contributed by atoms with Crippen LogP contribution in [0.5, 0.6) is 0 Å². The first-order valence-corrected chi connectivity index (χ1v) is 8.42. The van der Waals surface area contributed by atoms with E-state index >= 15 is 0 Å². The lowest BCUT2D eigenvalue weighted by Gasteiger charge is -2.30. The summed E-state index contributed by atoms with van der Waals surface area (Å²) in [4.78, 5) is 2.38. The van der Waals surface area contributed by atoms with E-state index in [1.54, 1.807) is 0 Å². The fraction of sp³-hybridized carbons (Fsp3) is 0.368. The average Bonchev–Trinajstić information content (AvgIpc) is 2.59. The Labute approximate surface area is 141 Å². The Morgan fingerprint density at radius 2 is 1.62 bits per heavy atom. The number of anilines is 2. The van der Waals surface area contributed by atoms with Crippen LogP contribution in [0.2, 0.25) is 0 Å². The van der Waals surface area contributed by atoms with E-state index in [0.29, 0.717) is 12.2 Å². The quantitative estimate of drug-likeness (QED) is 0.877. The molecule has 2 N–H and O–H groups in total. The summed E-state index contributed by atoms with van der Waals surface area (Å²) in [6.07, 6.45) is 0.960. The van der Waals surface area contributed by atoms with Gasteiger partial charge in [-0.1, -0.05) is 13.0 Å². The van der Waals surface area contributed by atoms with Gasteiger partial charge in [0.2, 0.25) is 0 Å². The van der Waals surface area contributed by atoms with E-state index in [9.17, 15) is 8.78 Å². The van der Waals surface area contributed by atoms with Crippen molar-refractivity contribution in [3.8, 4) is 0 Å². The van der Waals surface area contributed by atoms with Gasteiger partial charge in [0.25, 0.3) is 0 Å². The van der Waals surface area contributed by atoms with Gasteiger partial charge in [-0.3, -0.25) is 0 Å². The van der Waals surface area contributed by atoms with Crippen molar-refractivity contribution < 1.29 is 8.78 Å². The molecule has 0 aromatic heterocycles. The number of halogens is 2. The van der Waals surface area contributed by atoms with Gasteiger partial charge in [0.15, 0.2) is 0 Å². The summed E-state index contributed by atoms with van der Waals surface area (Å²) in [6, 6.07) is 10.0. The summed E-state index contributed by atoms with van der Waals surface area (Å²) in [5.41, 5.74) is 4.07. The van der Waals surface area contributed by atoms with Crippen molar-refractivity contribution in [1.82, 2.24) is 5.32 Å². The van der Waals surface area contributed by atoms with Gasteiger partial charge in [0, 0.05) is 50.2 Å². The fourth-order valence-electron chi connectivity index (χ4n) is 3.01. The van der Waals surface area contributed by atoms with Gasteiger partial charge in [0.05, 0.1) is 0 Å². The van der Waals surface area contributed by atoms with Crippen LogP contribution in [0, 0.1) is 11.6 Å². The van der Waals surface area contributed by atoms with Crippen LogP contribution < -0.4 is 15.5 Å². The largest absolute Gasteiger partial charge is 0.381 e. The lowest BCUT2D eigenvalue weighted by atomic mass is 10.1. The molecule has 0 saturated carbocycles. The minimum absolute atomic E-state index is 0.457. The summed E-state index contributed by atoms with van der Waals surface area (Å²) in [6.45, 7) is 6.65. The maximum atomic E-state index is 13.3. The molecule has 3 rings (SSSR count). The van der Waals surface area contributed by atoms with Crippen molar-refractivity contribution in [2.24, 2.45) is 0 Å². The molecule has 1 aliphatic rings. The van der Waals surface area contributed by atoms with E-state index in [0.717, 1.165) is 44.2 Å². The van der Waals surface area contributed by atoms with Gasteiger partial charge in [-0.15, -0.1) is 0 Å². The van der Waals surface area contributed by atoms with Crippen molar-refractivity contribution in [3.05, 3.63) is 59.2 Å². The Balaban J connectivity index is 1.76. The number of aryl methyl sites for hydroxylation is 1. The topological polar surface area (TPSA) is 27.3 Å². The highest BCUT2D eigenvalue weighted by molar-refractivity contribution is 5.53. The van der Waals surface area contributed by atoms with Gasteiger partial charge in [0.1, 0.15) is 11.6 Å². The summed E-state index contributed by atoms with van der Waals surface area (Å²) in [7, 11) is 0. The lowest BCUT2D eigenvalue weighted by Crippen LogP contribution is -2.43. The van der Waals surface area contributed by atoms with Gasteiger partial charge < -0.3 is 15.5 Å². The number of benzene rings is 2. The van der Waals surface area contributed by atoms with Crippen LogP contribution in [0.25, 0.3) is 0 Å². The number of nitrogens with zero attached hydrogens (tertiary/aromatic N) is 1. The zero-order chi connectivity index (χ0) is 16.9. The normalized spacial score (nSPS) is 14.7. The molecule has 24 heavy (non-hydrogen) atoms. The van der Waals surface area contributed by atoms with E-state index in [2.05, 4.69) is 40.7 Å². The van der Waals surface area contributed by atoms with Crippen molar-refractivity contribution in [3.63, 3.8) is 0 Å². The zero-order valence-corrected chi connectivity index (χ0v) is 13.9. The molecule has 1 fully saturated rings. The predicted octanol–water partition coefficient (Wildman–Crippen LogP) is 3.55. The number of rotatable bonds is 5. The minimum Gasteiger partial charge on any atom is -0.381 e. The Hall–Kier alpha value is -2.14. The third-order valence-corrected chi connectivity index (χ3v) is 4.29. The number of piperazine rings is 1. The smallest absolute Gasteiger partial charge is 0.128 e. The monoisotopic (exact) mass is 331 g/mol. The minimum atomic E-state index is -0.568. The highest BCUT2D eigenvalue weighted by Crippen LogP contribution is 2.22. The molecule has 3 nitrogen and oxygen atoms in total. The summed E-state index contributed by atoms with van der Waals surface area (Å²) in [5.74, 6) is -1.14.